The summed E-state index contributed by atoms with van der Waals surface area (Å²) in [6, 6.07) is 2.87. The van der Waals surface area contributed by atoms with E-state index >= 15 is 0 Å². The maximum atomic E-state index is 14.1. The minimum atomic E-state index is -0.968. The van der Waals surface area contributed by atoms with Gasteiger partial charge in [-0.3, -0.25) is 0 Å². The van der Waals surface area contributed by atoms with Crippen molar-refractivity contribution in [1.29, 1.82) is 0 Å². The molecule has 0 aromatic heterocycles. The van der Waals surface area contributed by atoms with Gasteiger partial charge in [-0.25, -0.2) is 13.2 Å². The molecule has 0 saturated heterocycles. The summed E-state index contributed by atoms with van der Waals surface area (Å²) < 4.78 is 46.8. The van der Waals surface area contributed by atoms with Gasteiger partial charge in [0, 0.05) is 22.8 Å². The Bertz CT molecular complexity index is 899. The second-order valence-corrected chi connectivity index (χ2v) is 5.71. The number of rotatable bonds is 10. The molecule has 0 radical (unpaired) electrons. The van der Waals surface area contributed by atoms with E-state index in [1.54, 1.807) is 13.0 Å². The molecule has 0 amide bonds. The summed E-state index contributed by atoms with van der Waals surface area (Å²) in [7, 11) is 0. The molecule has 0 N–H and O–H groups in total. The highest BCUT2D eigenvalue weighted by Crippen LogP contribution is 2.21. The Balaban J connectivity index is 2.81. The topological polar surface area (TPSA) is 9.23 Å². The molecule has 1 aromatic carbocycles. The number of benzene rings is 1. The summed E-state index contributed by atoms with van der Waals surface area (Å²) >= 11 is 0. The molecular formula is C24H23F3O. The summed E-state index contributed by atoms with van der Waals surface area (Å²) in [6.07, 6.45) is 8.33. The molecule has 0 bridgehead atoms. The summed E-state index contributed by atoms with van der Waals surface area (Å²) in [5.74, 6) is -2.36. The lowest BCUT2D eigenvalue weighted by atomic mass is 10.1. The van der Waals surface area contributed by atoms with Crippen molar-refractivity contribution >= 4 is 12.2 Å². The molecule has 0 aliphatic carbocycles. The first-order valence-electron chi connectivity index (χ1n) is 8.44. The fourth-order valence-electron chi connectivity index (χ4n) is 2.04. The fourth-order valence-corrected chi connectivity index (χ4v) is 2.04. The van der Waals surface area contributed by atoms with Gasteiger partial charge < -0.3 is 4.74 Å². The number of hydrogen-bond donors (Lipinski definition) is 0. The zero-order chi connectivity index (χ0) is 21.3. The standard InChI is InChI=1S/C24H23F3O/c1-7-20-13-14-21(24(27)23(20)26)12-10-16(3)9-11-17(4)19(6)22(25)15-18(5)28-8-2/h7,9-15H,1,3-6,8H2,2H3/b11-9-,12-10+,22-15+. The highest BCUT2D eigenvalue weighted by molar-refractivity contribution is 5.59. The normalized spacial score (nSPS) is 11.6. The first kappa shape index (κ1) is 22.8. The van der Waals surface area contributed by atoms with E-state index in [9.17, 15) is 13.2 Å². The van der Waals surface area contributed by atoms with E-state index in [1.165, 1.54) is 36.4 Å². The Morgan fingerprint density at radius 3 is 2.21 bits per heavy atom. The molecule has 28 heavy (non-hydrogen) atoms. The van der Waals surface area contributed by atoms with Gasteiger partial charge >= 0.3 is 0 Å². The van der Waals surface area contributed by atoms with E-state index < -0.39 is 17.5 Å². The number of ether oxygens (including phenoxy) is 1. The fraction of sp³-hybridized carbons (Fsp3) is 0.0833. The van der Waals surface area contributed by atoms with Gasteiger partial charge in [0.1, 0.15) is 11.6 Å². The minimum Gasteiger partial charge on any atom is -0.494 e. The van der Waals surface area contributed by atoms with Crippen LogP contribution in [-0.2, 0) is 4.74 Å². The Morgan fingerprint density at radius 1 is 1.00 bits per heavy atom. The lowest BCUT2D eigenvalue weighted by molar-refractivity contribution is 0.243. The van der Waals surface area contributed by atoms with Gasteiger partial charge in [-0.1, -0.05) is 75.4 Å². The second kappa shape index (κ2) is 10.8. The predicted molar refractivity (Wildman–Crippen MR) is 112 cm³/mol. The first-order chi connectivity index (χ1) is 13.2. The van der Waals surface area contributed by atoms with Crippen LogP contribution in [0.3, 0.4) is 0 Å². The Labute approximate surface area is 164 Å². The lowest BCUT2D eigenvalue weighted by Crippen LogP contribution is -1.92. The molecule has 1 rings (SSSR count). The third kappa shape index (κ3) is 6.47. The van der Waals surface area contributed by atoms with Crippen LogP contribution in [0.25, 0.3) is 12.2 Å². The number of halogens is 3. The van der Waals surface area contributed by atoms with Crippen molar-refractivity contribution in [3.8, 4) is 0 Å². The van der Waals surface area contributed by atoms with Crippen LogP contribution in [-0.4, -0.2) is 6.61 Å². The van der Waals surface area contributed by atoms with Crippen LogP contribution >= 0.6 is 0 Å². The molecule has 1 aromatic rings. The predicted octanol–water partition coefficient (Wildman–Crippen LogP) is 7.25. The van der Waals surface area contributed by atoms with Crippen molar-refractivity contribution in [2.45, 2.75) is 6.92 Å². The molecule has 0 atom stereocenters. The number of hydrogen-bond acceptors (Lipinski definition) is 1. The van der Waals surface area contributed by atoms with E-state index in [0.717, 1.165) is 6.08 Å². The molecule has 4 heteroatoms. The van der Waals surface area contributed by atoms with Crippen LogP contribution in [0, 0.1) is 11.6 Å². The zero-order valence-corrected chi connectivity index (χ0v) is 15.9. The van der Waals surface area contributed by atoms with Gasteiger partial charge in [0.05, 0.1) is 6.61 Å². The van der Waals surface area contributed by atoms with E-state index in [0.29, 0.717) is 17.8 Å². The SMILES string of the molecule is C=Cc1ccc(/C=C/C(=C)/C=C\C(=C)C(=C)/C(F)=C\C(=C)OCC)c(F)c1F. The molecule has 1 nitrogen and oxygen atoms in total. The Kier molecular flexibility index (Phi) is 8.76. The van der Waals surface area contributed by atoms with Crippen LogP contribution in [0.2, 0.25) is 0 Å². The highest BCUT2D eigenvalue weighted by atomic mass is 19.2. The molecular weight excluding hydrogens is 361 g/mol. The summed E-state index contributed by atoms with van der Waals surface area (Å²) in [5.41, 5.74) is 1.03. The molecule has 0 spiro atoms. The van der Waals surface area contributed by atoms with Gasteiger partial charge in [-0.15, -0.1) is 0 Å². The lowest BCUT2D eigenvalue weighted by Gasteiger charge is -2.05. The maximum absolute atomic E-state index is 14.1. The van der Waals surface area contributed by atoms with Crippen LogP contribution in [0.1, 0.15) is 18.1 Å². The largest absolute Gasteiger partial charge is 0.494 e. The molecule has 0 aliphatic rings. The van der Waals surface area contributed by atoms with Gasteiger partial charge in [0.2, 0.25) is 0 Å². The first-order valence-corrected chi connectivity index (χ1v) is 8.44. The van der Waals surface area contributed by atoms with Gasteiger partial charge in [-0.05, 0) is 18.1 Å². The van der Waals surface area contributed by atoms with Crippen molar-refractivity contribution in [3.63, 3.8) is 0 Å². The summed E-state index contributed by atoms with van der Waals surface area (Å²) in [5, 5.41) is 0. The average molecular weight is 384 g/mol. The smallest absolute Gasteiger partial charge is 0.166 e. The average Bonchev–Trinajstić information content (AvgIpc) is 2.66. The summed E-state index contributed by atoms with van der Waals surface area (Å²) in [6.45, 7) is 20.3. The molecule has 0 heterocycles. The van der Waals surface area contributed by atoms with E-state index in [1.807, 2.05) is 0 Å². The number of allylic oxidation sites excluding steroid dienone is 8. The summed E-state index contributed by atoms with van der Waals surface area (Å²) in [4.78, 5) is 0. The van der Waals surface area contributed by atoms with E-state index in [-0.39, 0.29) is 22.5 Å². The van der Waals surface area contributed by atoms with Gasteiger partial charge in [0.15, 0.2) is 11.6 Å². The quantitative estimate of drug-likeness (QED) is 0.305. The Hall–Kier alpha value is -3.27. The van der Waals surface area contributed by atoms with E-state index in [4.69, 9.17) is 4.74 Å². The van der Waals surface area contributed by atoms with Crippen molar-refractivity contribution in [2.24, 2.45) is 0 Å². The van der Waals surface area contributed by atoms with Crippen molar-refractivity contribution in [2.75, 3.05) is 6.61 Å². The zero-order valence-electron chi connectivity index (χ0n) is 15.9. The molecule has 0 saturated carbocycles. The molecule has 0 aliphatic heterocycles. The molecule has 0 fully saturated rings. The van der Waals surface area contributed by atoms with Crippen LogP contribution in [0.15, 0.2) is 97.6 Å². The highest BCUT2D eigenvalue weighted by Gasteiger charge is 2.09. The second-order valence-electron chi connectivity index (χ2n) is 5.71. The van der Waals surface area contributed by atoms with Crippen LogP contribution in [0.4, 0.5) is 13.2 Å². The van der Waals surface area contributed by atoms with Gasteiger partial charge in [0.25, 0.3) is 0 Å². The van der Waals surface area contributed by atoms with Crippen molar-refractivity contribution < 1.29 is 17.9 Å². The van der Waals surface area contributed by atoms with Gasteiger partial charge in [-0.2, -0.15) is 0 Å². The molecule has 0 unspecified atom stereocenters. The third-order valence-electron chi connectivity index (χ3n) is 3.63. The monoisotopic (exact) mass is 384 g/mol. The van der Waals surface area contributed by atoms with E-state index in [2.05, 4.69) is 32.9 Å². The molecule has 146 valence electrons. The van der Waals surface area contributed by atoms with Crippen LogP contribution < -0.4 is 0 Å². The van der Waals surface area contributed by atoms with Crippen molar-refractivity contribution in [1.82, 2.24) is 0 Å². The van der Waals surface area contributed by atoms with Crippen LogP contribution in [0.5, 0.6) is 0 Å². The maximum Gasteiger partial charge on any atom is 0.166 e. The minimum absolute atomic E-state index is 0.0713. The Morgan fingerprint density at radius 2 is 1.61 bits per heavy atom. The third-order valence-corrected chi connectivity index (χ3v) is 3.63. The van der Waals surface area contributed by atoms with Crippen molar-refractivity contribution in [3.05, 3.63) is 120 Å².